The van der Waals surface area contributed by atoms with E-state index in [1.165, 1.54) is 30.2 Å². The molecule has 1 aliphatic rings. The van der Waals surface area contributed by atoms with Crippen LogP contribution in [-0.2, 0) is 11.3 Å². The second kappa shape index (κ2) is 9.40. The van der Waals surface area contributed by atoms with Gasteiger partial charge in [-0.05, 0) is 44.1 Å². The Labute approximate surface area is 166 Å². The van der Waals surface area contributed by atoms with Gasteiger partial charge in [-0.25, -0.2) is 0 Å². The normalized spacial score (nSPS) is 15.1. The highest BCUT2D eigenvalue weighted by Gasteiger charge is 2.30. The molecule has 1 amide bonds. The Morgan fingerprint density at radius 2 is 1.93 bits per heavy atom. The van der Waals surface area contributed by atoms with Gasteiger partial charge in [0.05, 0.1) is 12.3 Å². The van der Waals surface area contributed by atoms with E-state index in [0.29, 0.717) is 17.6 Å². The number of benzene rings is 1. The van der Waals surface area contributed by atoms with Crippen LogP contribution >= 0.6 is 11.8 Å². The quantitative estimate of drug-likeness (QED) is 0.621. The smallest absolute Gasteiger partial charge is 0.230 e. The lowest BCUT2D eigenvalue weighted by molar-refractivity contribution is -0.119. The van der Waals surface area contributed by atoms with Crippen molar-refractivity contribution in [2.24, 2.45) is 5.92 Å². The SMILES string of the molecule is CC(C)CC[C@H](C)NC(=O)CSc1nnc(C2CC2)n1Cc1ccccc1. The summed E-state index contributed by atoms with van der Waals surface area (Å²) in [4.78, 5) is 12.3. The van der Waals surface area contributed by atoms with E-state index in [1.807, 2.05) is 6.07 Å². The first-order valence-corrected chi connectivity index (χ1v) is 10.9. The lowest BCUT2D eigenvalue weighted by Gasteiger charge is -2.15. The van der Waals surface area contributed by atoms with Crippen LogP contribution in [0.5, 0.6) is 0 Å². The summed E-state index contributed by atoms with van der Waals surface area (Å²) >= 11 is 1.48. The van der Waals surface area contributed by atoms with Crippen LogP contribution in [0.15, 0.2) is 35.5 Å². The summed E-state index contributed by atoms with van der Waals surface area (Å²) in [5.74, 6) is 2.70. The molecule has 1 N–H and O–H groups in total. The molecule has 2 aromatic rings. The van der Waals surface area contributed by atoms with Crippen molar-refractivity contribution in [2.45, 2.75) is 70.1 Å². The molecule has 3 rings (SSSR count). The van der Waals surface area contributed by atoms with Crippen LogP contribution in [0.4, 0.5) is 0 Å². The summed E-state index contributed by atoms with van der Waals surface area (Å²) in [6.45, 7) is 7.26. The topological polar surface area (TPSA) is 59.8 Å². The maximum Gasteiger partial charge on any atom is 0.230 e. The molecule has 5 nitrogen and oxygen atoms in total. The fourth-order valence-corrected chi connectivity index (χ4v) is 3.82. The van der Waals surface area contributed by atoms with Crippen molar-refractivity contribution in [3.05, 3.63) is 41.7 Å². The molecule has 1 aromatic heterocycles. The van der Waals surface area contributed by atoms with Crippen molar-refractivity contribution in [1.82, 2.24) is 20.1 Å². The molecule has 0 radical (unpaired) electrons. The molecule has 0 spiro atoms. The highest BCUT2D eigenvalue weighted by atomic mass is 32.2. The van der Waals surface area contributed by atoms with Crippen molar-refractivity contribution in [3.8, 4) is 0 Å². The molecule has 1 fully saturated rings. The molecule has 1 aromatic carbocycles. The lowest BCUT2D eigenvalue weighted by Crippen LogP contribution is -2.34. The van der Waals surface area contributed by atoms with Crippen LogP contribution < -0.4 is 5.32 Å². The van der Waals surface area contributed by atoms with Crippen molar-refractivity contribution >= 4 is 17.7 Å². The minimum atomic E-state index is 0.0680. The van der Waals surface area contributed by atoms with Crippen molar-refractivity contribution in [1.29, 1.82) is 0 Å². The monoisotopic (exact) mass is 386 g/mol. The molecule has 0 bridgehead atoms. The van der Waals surface area contributed by atoms with Gasteiger partial charge in [-0.3, -0.25) is 4.79 Å². The molecule has 1 aliphatic carbocycles. The van der Waals surface area contributed by atoms with Gasteiger partial charge in [0.25, 0.3) is 0 Å². The van der Waals surface area contributed by atoms with Gasteiger partial charge in [0.15, 0.2) is 5.16 Å². The van der Waals surface area contributed by atoms with E-state index in [9.17, 15) is 4.79 Å². The minimum absolute atomic E-state index is 0.0680. The molecule has 146 valence electrons. The summed E-state index contributed by atoms with van der Waals surface area (Å²) in [6.07, 6.45) is 4.52. The minimum Gasteiger partial charge on any atom is -0.353 e. The summed E-state index contributed by atoms with van der Waals surface area (Å²) in [5.41, 5.74) is 1.23. The van der Waals surface area contributed by atoms with Gasteiger partial charge >= 0.3 is 0 Å². The van der Waals surface area contributed by atoms with Crippen LogP contribution in [0.2, 0.25) is 0 Å². The molecular weight excluding hydrogens is 356 g/mol. The number of carbonyl (C=O) groups excluding carboxylic acids is 1. The van der Waals surface area contributed by atoms with E-state index in [-0.39, 0.29) is 11.9 Å². The maximum absolute atomic E-state index is 12.3. The average molecular weight is 387 g/mol. The second-order valence-electron chi connectivity index (χ2n) is 7.92. The number of nitrogens with zero attached hydrogens (tertiary/aromatic N) is 3. The molecule has 0 saturated heterocycles. The number of amides is 1. The Hall–Kier alpha value is -1.82. The summed E-state index contributed by atoms with van der Waals surface area (Å²) in [7, 11) is 0. The second-order valence-corrected chi connectivity index (χ2v) is 8.86. The van der Waals surface area contributed by atoms with Crippen LogP contribution in [0.1, 0.15) is 63.8 Å². The Bertz CT molecular complexity index is 740. The third-order valence-electron chi connectivity index (χ3n) is 4.79. The predicted octanol–water partition coefficient (Wildman–Crippen LogP) is 4.24. The molecular formula is C21H30N4OS. The number of hydrogen-bond donors (Lipinski definition) is 1. The van der Waals surface area contributed by atoms with Gasteiger partial charge in [0, 0.05) is 12.0 Å². The van der Waals surface area contributed by atoms with Gasteiger partial charge in [-0.15, -0.1) is 10.2 Å². The highest BCUT2D eigenvalue weighted by Crippen LogP contribution is 2.40. The largest absolute Gasteiger partial charge is 0.353 e. The predicted molar refractivity (Wildman–Crippen MR) is 110 cm³/mol. The Balaban J connectivity index is 1.59. The van der Waals surface area contributed by atoms with Crippen molar-refractivity contribution in [3.63, 3.8) is 0 Å². The van der Waals surface area contributed by atoms with Crippen LogP contribution in [0, 0.1) is 5.92 Å². The van der Waals surface area contributed by atoms with E-state index in [4.69, 9.17) is 0 Å². The molecule has 27 heavy (non-hydrogen) atoms. The summed E-state index contributed by atoms with van der Waals surface area (Å²) in [6, 6.07) is 10.6. The van der Waals surface area contributed by atoms with Gasteiger partial charge in [0.2, 0.25) is 5.91 Å². The zero-order chi connectivity index (χ0) is 19.2. The number of hydrogen-bond acceptors (Lipinski definition) is 4. The average Bonchev–Trinajstić information content (AvgIpc) is 3.41. The van der Waals surface area contributed by atoms with Gasteiger partial charge in [-0.2, -0.15) is 0 Å². The number of nitrogens with one attached hydrogen (secondary N) is 1. The number of carbonyl (C=O) groups is 1. The van der Waals surface area contributed by atoms with Crippen LogP contribution in [-0.4, -0.2) is 32.5 Å². The van der Waals surface area contributed by atoms with E-state index in [1.54, 1.807) is 0 Å². The maximum atomic E-state index is 12.3. The number of thioether (sulfide) groups is 1. The first kappa shape index (κ1) is 19.9. The van der Waals surface area contributed by atoms with E-state index in [2.05, 4.69) is 65.1 Å². The Morgan fingerprint density at radius 1 is 1.19 bits per heavy atom. The zero-order valence-corrected chi connectivity index (χ0v) is 17.3. The van der Waals surface area contributed by atoms with E-state index < -0.39 is 0 Å². The van der Waals surface area contributed by atoms with Gasteiger partial charge < -0.3 is 9.88 Å². The third kappa shape index (κ3) is 6.09. The fourth-order valence-electron chi connectivity index (χ4n) is 3.07. The van der Waals surface area contributed by atoms with Gasteiger partial charge in [-0.1, -0.05) is 55.9 Å². The molecule has 1 atom stereocenters. The van der Waals surface area contributed by atoms with Crippen molar-refractivity contribution in [2.75, 3.05) is 5.75 Å². The Morgan fingerprint density at radius 3 is 2.59 bits per heavy atom. The highest BCUT2D eigenvalue weighted by molar-refractivity contribution is 7.99. The molecule has 6 heteroatoms. The standard InChI is InChI=1S/C21H30N4OS/c1-15(2)9-10-16(3)22-19(26)14-27-21-24-23-20(18-11-12-18)25(21)13-17-7-5-4-6-8-17/h4-8,15-16,18H,9-14H2,1-3H3,(H,22,26)/t16-/m0/s1. The van der Waals surface area contributed by atoms with Crippen LogP contribution in [0.25, 0.3) is 0 Å². The van der Waals surface area contributed by atoms with Crippen LogP contribution in [0.3, 0.4) is 0 Å². The molecule has 1 saturated carbocycles. The summed E-state index contributed by atoms with van der Waals surface area (Å²) in [5, 5.41) is 12.7. The first-order chi connectivity index (χ1) is 13.0. The van der Waals surface area contributed by atoms with Crippen molar-refractivity contribution < 1.29 is 4.79 Å². The molecule has 1 heterocycles. The fraction of sp³-hybridized carbons (Fsp3) is 0.571. The van der Waals surface area contributed by atoms with E-state index >= 15 is 0 Å². The Kier molecular flexibility index (Phi) is 6.94. The molecule has 0 aliphatic heterocycles. The molecule has 0 unspecified atom stereocenters. The lowest BCUT2D eigenvalue weighted by atomic mass is 10.0. The summed E-state index contributed by atoms with van der Waals surface area (Å²) < 4.78 is 2.19. The third-order valence-corrected chi connectivity index (χ3v) is 5.76. The number of rotatable bonds is 10. The van der Waals surface area contributed by atoms with Gasteiger partial charge in [0.1, 0.15) is 5.82 Å². The number of aromatic nitrogens is 3. The van der Waals surface area contributed by atoms with E-state index in [0.717, 1.165) is 30.4 Å². The zero-order valence-electron chi connectivity index (χ0n) is 16.5. The first-order valence-electron chi connectivity index (χ1n) is 9.92.